The maximum absolute atomic E-state index is 13.3. The molecular formula is C10H12FN2O7P. The van der Waals surface area contributed by atoms with Gasteiger partial charge >= 0.3 is 13.3 Å². The van der Waals surface area contributed by atoms with E-state index in [9.17, 15) is 18.5 Å². The normalized spacial score (nSPS) is 33.5. The van der Waals surface area contributed by atoms with Gasteiger partial charge in [0.1, 0.15) is 18.3 Å². The molecule has 2 fully saturated rings. The molecule has 3 heterocycles. The predicted molar refractivity (Wildman–Crippen MR) is 65.6 cm³/mol. The summed E-state index contributed by atoms with van der Waals surface area (Å²) in [5.74, 6) is -1.12. The van der Waals surface area contributed by atoms with Crippen LogP contribution in [0.3, 0.4) is 0 Å². The summed E-state index contributed by atoms with van der Waals surface area (Å²) in [4.78, 5) is 33.5. The maximum atomic E-state index is 13.3. The first-order valence-corrected chi connectivity index (χ1v) is 8.05. The Balaban J connectivity index is 1.78. The summed E-state index contributed by atoms with van der Waals surface area (Å²) >= 11 is 0. The van der Waals surface area contributed by atoms with E-state index in [0.717, 1.165) is 17.4 Å². The van der Waals surface area contributed by atoms with Crippen LogP contribution in [0, 0.1) is 5.82 Å². The van der Waals surface area contributed by atoms with Gasteiger partial charge in [0, 0.05) is 6.66 Å². The quantitative estimate of drug-likeness (QED) is 0.548. The van der Waals surface area contributed by atoms with Crippen molar-refractivity contribution in [1.29, 1.82) is 0 Å². The molecule has 9 nitrogen and oxygen atoms in total. The van der Waals surface area contributed by atoms with Crippen LogP contribution in [0.5, 0.6) is 0 Å². The van der Waals surface area contributed by atoms with Gasteiger partial charge in [0.15, 0.2) is 6.23 Å². The highest BCUT2D eigenvalue weighted by Gasteiger charge is 2.59. The van der Waals surface area contributed by atoms with Crippen LogP contribution < -0.4 is 11.2 Å². The first-order valence-electron chi connectivity index (χ1n) is 6.03. The lowest BCUT2D eigenvalue weighted by molar-refractivity contribution is -0.0832. The van der Waals surface area contributed by atoms with E-state index < -0.39 is 49.2 Å². The molecule has 0 aromatic carbocycles. The summed E-state index contributed by atoms with van der Waals surface area (Å²) in [6.45, 7) is 0.842. The van der Waals surface area contributed by atoms with Gasteiger partial charge in [-0.3, -0.25) is 18.9 Å². The number of nitrogens with zero attached hydrogens (tertiary/aromatic N) is 1. The number of hydrogen-bond donors (Lipinski definition) is 2. The second-order valence-electron chi connectivity index (χ2n) is 4.87. The van der Waals surface area contributed by atoms with Crippen LogP contribution in [0.15, 0.2) is 15.8 Å². The second-order valence-corrected chi connectivity index (χ2v) is 6.74. The smallest absolute Gasteiger partial charge is 0.330 e. The Labute approximate surface area is 116 Å². The molecule has 2 aliphatic rings. The van der Waals surface area contributed by atoms with Crippen molar-refractivity contribution in [1.82, 2.24) is 9.55 Å². The molecule has 11 heteroatoms. The summed E-state index contributed by atoms with van der Waals surface area (Å²) in [5, 5.41) is 0. The number of rotatable bonds is 4. The third-order valence-corrected chi connectivity index (χ3v) is 3.83. The zero-order valence-corrected chi connectivity index (χ0v) is 11.7. The molecule has 0 spiro atoms. The Bertz CT molecular complexity index is 725. The highest BCUT2D eigenvalue weighted by molar-refractivity contribution is 7.51. The van der Waals surface area contributed by atoms with E-state index in [-0.39, 0.29) is 6.61 Å². The second kappa shape index (κ2) is 4.85. The van der Waals surface area contributed by atoms with E-state index >= 15 is 0 Å². The van der Waals surface area contributed by atoms with Crippen molar-refractivity contribution in [3.8, 4) is 0 Å². The molecule has 2 saturated heterocycles. The van der Waals surface area contributed by atoms with Crippen molar-refractivity contribution in [3.05, 3.63) is 32.9 Å². The van der Waals surface area contributed by atoms with Crippen LogP contribution >= 0.6 is 7.60 Å². The molecule has 0 aliphatic carbocycles. The topological polar surface area (TPSA) is 123 Å². The zero-order valence-electron chi connectivity index (χ0n) is 10.8. The fourth-order valence-corrected chi connectivity index (χ4v) is 2.64. The summed E-state index contributed by atoms with van der Waals surface area (Å²) in [6.07, 6.45) is -1.72. The molecule has 2 aliphatic heterocycles. The number of aromatic nitrogens is 2. The number of halogens is 1. The molecule has 0 saturated carbocycles. The van der Waals surface area contributed by atoms with Gasteiger partial charge in [0.05, 0.1) is 12.8 Å². The van der Waals surface area contributed by atoms with E-state index in [1.165, 1.54) is 0 Å². The molecule has 1 aromatic rings. The number of fused-ring (bicyclic) bond motifs is 1. The first-order chi connectivity index (χ1) is 9.76. The molecule has 2 N–H and O–H groups in total. The van der Waals surface area contributed by atoms with E-state index in [1.54, 1.807) is 0 Å². The van der Waals surface area contributed by atoms with Crippen LogP contribution in [0.4, 0.5) is 4.39 Å². The minimum atomic E-state index is -3.65. The highest BCUT2D eigenvalue weighted by Crippen LogP contribution is 2.46. The average molecular weight is 322 g/mol. The van der Waals surface area contributed by atoms with Gasteiger partial charge in [0.25, 0.3) is 5.56 Å². The Morgan fingerprint density at radius 3 is 2.86 bits per heavy atom. The Kier molecular flexibility index (Phi) is 3.38. The Morgan fingerprint density at radius 2 is 2.19 bits per heavy atom. The fourth-order valence-electron chi connectivity index (χ4n) is 2.22. The molecule has 1 aromatic heterocycles. The average Bonchev–Trinajstić information content (AvgIpc) is 3.07. The SMILES string of the molecule is CP(=O)(O)OC[C@H]1O[C@@H](n2cc(F)c(=O)[nH]c2=O)[C@H]2O[C@H]21. The van der Waals surface area contributed by atoms with Crippen molar-refractivity contribution in [2.75, 3.05) is 13.3 Å². The van der Waals surface area contributed by atoms with E-state index in [4.69, 9.17) is 18.9 Å². The van der Waals surface area contributed by atoms with Gasteiger partial charge in [-0.05, 0) is 0 Å². The highest BCUT2D eigenvalue weighted by atomic mass is 31.2. The Hall–Kier alpha value is -1.32. The van der Waals surface area contributed by atoms with Gasteiger partial charge in [-0.15, -0.1) is 0 Å². The number of epoxide rings is 1. The van der Waals surface area contributed by atoms with Gasteiger partial charge in [-0.25, -0.2) is 4.79 Å². The van der Waals surface area contributed by atoms with Crippen molar-refractivity contribution >= 4 is 7.60 Å². The number of nitrogens with one attached hydrogen (secondary N) is 1. The summed E-state index contributed by atoms with van der Waals surface area (Å²) < 4.78 is 40.7. The fraction of sp³-hybridized carbons (Fsp3) is 0.600. The summed E-state index contributed by atoms with van der Waals surface area (Å²) in [6, 6.07) is 0. The third kappa shape index (κ3) is 2.85. The van der Waals surface area contributed by atoms with Crippen molar-refractivity contribution < 1.29 is 27.8 Å². The number of ether oxygens (including phenoxy) is 2. The third-order valence-electron chi connectivity index (χ3n) is 3.20. The van der Waals surface area contributed by atoms with Gasteiger partial charge in [-0.1, -0.05) is 0 Å². The molecule has 21 heavy (non-hydrogen) atoms. The largest absolute Gasteiger partial charge is 0.362 e. The summed E-state index contributed by atoms with van der Waals surface area (Å²) in [7, 11) is -3.65. The summed E-state index contributed by atoms with van der Waals surface area (Å²) in [5.41, 5.74) is -1.94. The molecule has 0 radical (unpaired) electrons. The monoisotopic (exact) mass is 322 g/mol. The lowest BCUT2D eigenvalue weighted by atomic mass is 10.2. The predicted octanol–water partition coefficient (Wildman–Crippen LogP) is -0.828. The first kappa shape index (κ1) is 14.6. The van der Waals surface area contributed by atoms with Crippen LogP contribution in [0.2, 0.25) is 0 Å². The lowest BCUT2D eigenvalue weighted by Gasteiger charge is -2.19. The Morgan fingerprint density at radius 1 is 1.48 bits per heavy atom. The van der Waals surface area contributed by atoms with Crippen LogP contribution in [-0.4, -0.2) is 46.0 Å². The minimum absolute atomic E-state index is 0.192. The standard InChI is InChI=1S/C10H12FN2O7P/c1-21(16,17)18-3-5-6-7(20-6)9(19-5)13-2-4(11)8(14)12-10(13)15/h2,5-7,9H,3H2,1H3,(H,16,17)(H,12,14,15)/t5-,6+,7+,9-/m1/s1. The minimum Gasteiger partial charge on any atom is -0.362 e. The molecule has 3 rings (SSSR count). The van der Waals surface area contributed by atoms with Crippen LogP contribution in [-0.2, 0) is 18.6 Å². The van der Waals surface area contributed by atoms with E-state index in [0.29, 0.717) is 0 Å². The van der Waals surface area contributed by atoms with Crippen LogP contribution in [0.1, 0.15) is 6.23 Å². The molecular weight excluding hydrogens is 310 g/mol. The number of hydrogen-bond acceptors (Lipinski definition) is 6. The molecule has 1 unspecified atom stereocenters. The molecule has 0 bridgehead atoms. The number of H-pyrrole nitrogens is 1. The van der Waals surface area contributed by atoms with Gasteiger partial charge < -0.3 is 18.9 Å². The van der Waals surface area contributed by atoms with E-state index in [2.05, 4.69) is 0 Å². The van der Waals surface area contributed by atoms with Gasteiger partial charge in [0.2, 0.25) is 5.82 Å². The maximum Gasteiger partial charge on any atom is 0.330 e. The lowest BCUT2D eigenvalue weighted by Crippen LogP contribution is -2.36. The zero-order chi connectivity index (χ0) is 15.4. The van der Waals surface area contributed by atoms with Crippen LogP contribution in [0.25, 0.3) is 0 Å². The molecule has 0 amide bonds. The number of aromatic amines is 1. The van der Waals surface area contributed by atoms with E-state index in [1.807, 2.05) is 4.98 Å². The molecule has 116 valence electrons. The van der Waals surface area contributed by atoms with Crippen molar-refractivity contribution in [2.24, 2.45) is 0 Å². The van der Waals surface area contributed by atoms with Gasteiger partial charge in [-0.2, -0.15) is 4.39 Å². The van der Waals surface area contributed by atoms with Crippen molar-refractivity contribution in [3.63, 3.8) is 0 Å². The molecule has 5 atom stereocenters. The van der Waals surface area contributed by atoms with Crippen molar-refractivity contribution in [2.45, 2.75) is 24.5 Å².